The highest BCUT2D eigenvalue weighted by atomic mass is 32.2. The number of rotatable bonds is 8. The highest BCUT2D eigenvalue weighted by molar-refractivity contribution is 7.89. The Labute approximate surface area is 155 Å². The molecule has 4 N–H and O–H groups in total. The minimum absolute atomic E-state index is 0.0293. The molecular weight excluding hydrogens is 356 g/mol. The first-order valence-electron chi connectivity index (χ1n) is 8.32. The standard InChI is InChI=1S/C17H28N4O4S/c1-11(2)16(18)17(23)19-10-15(22)20-12(3)13-7-6-8-14(9-13)26(24,25)21(4)5/h6-9,11-12,16H,10,18H2,1-5H3,(H,19,23)(H,20,22)/t12?,16-/m0/s1. The van der Waals surface area contributed by atoms with E-state index in [2.05, 4.69) is 10.6 Å². The van der Waals surface area contributed by atoms with Crippen LogP contribution in [0.5, 0.6) is 0 Å². The van der Waals surface area contributed by atoms with Gasteiger partial charge in [0.25, 0.3) is 0 Å². The Morgan fingerprint density at radius 2 is 1.81 bits per heavy atom. The van der Waals surface area contributed by atoms with Gasteiger partial charge in [-0.25, -0.2) is 12.7 Å². The summed E-state index contributed by atoms with van der Waals surface area (Å²) in [6, 6.07) is 5.28. The molecule has 26 heavy (non-hydrogen) atoms. The zero-order valence-corrected chi connectivity index (χ0v) is 16.6. The van der Waals surface area contributed by atoms with E-state index >= 15 is 0 Å². The molecule has 0 aliphatic rings. The summed E-state index contributed by atoms with van der Waals surface area (Å²) < 4.78 is 25.5. The molecule has 1 aromatic carbocycles. The minimum atomic E-state index is -3.55. The summed E-state index contributed by atoms with van der Waals surface area (Å²) >= 11 is 0. The van der Waals surface area contributed by atoms with Crippen molar-refractivity contribution >= 4 is 21.8 Å². The molecule has 146 valence electrons. The third kappa shape index (κ3) is 5.79. The van der Waals surface area contributed by atoms with Crippen LogP contribution >= 0.6 is 0 Å². The highest BCUT2D eigenvalue weighted by Crippen LogP contribution is 2.19. The maximum absolute atomic E-state index is 12.2. The summed E-state index contributed by atoms with van der Waals surface area (Å²) in [5, 5.41) is 5.22. The first-order chi connectivity index (χ1) is 12.0. The topological polar surface area (TPSA) is 122 Å². The molecule has 0 spiro atoms. The van der Waals surface area contributed by atoms with Gasteiger partial charge in [-0.15, -0.1) is 0 Å². The zero-order valence-electron chi connectivity index (χ0n) is 15.8. The van der Waals surface area contributed by atoms with Gasteiger partial charge in [0, 0.05) is 14.1 Å². The lowest BCUT2D eigenvalue weighted by Crippen LogP contribution is -2.47. The van der Waals surface area contributed by atoms with Gasteiger partial charge < -0.3 is 16.4 Å². The molecule has 0 saturated carbocycles. The molecule has 2 atom stereocenters. The normalized spacial score (nSPS) is 14.2. The third-order valence-corrected chi connectivity index (χ3v) is 5.77. The lowest BCUT2D eigenvalue weighted by Gasteiger charge is -2.18. The number of hydrogen-bond donors (Lipinski definition) is 3. The Kier molecular flexibility index (Phi) is 7.73. The summed E-state index contributed by atoms with van der Waals surface area (Å²) in [6.45, 7) is 5.18. The minimum Gasteiger partial charge on any atom is -0.348 e. The van der Waals surface area contributed by atoms with Crippen molar-refractivity contribution in [3.8, 4) is 0 Å². The maximum Gasteiger partial charge on any atom is 0.242 e. The van der Waals surface area contributed by atoms with Gasteiger partial charge in [0.15, 0.2) is 0 Å². The molecule has 0 aliphatic carbocycles. The van der Waals surface area contributed by atoms with Gasteiger partial charge in [-0.1, -0.05) is 26.0 Å². The number of nitrogens with one attached hydrogen (secondary N) is 2. The Hall–Kier alpha value is -1.97. The monoisotopic (exact) mass is 384 g/mol. The van der Waals surface area contributed by atoms with Crippen LogP contribution in [-0.4, -0.2) is 51.2 Å². The Balaban J connectivity index is 2.72. The van der Waals surface area contributed by atoms with Crippen molar-refractivity contribution in [2.45, 2.75) is 37.8 Å². The fraction of sp³-hybridized carbons (Fsp3) is 0.529. The summed E-state index contributed by atoms with van der Waals surface area (Å²) in [4.78, 5) is 23.9. The van der Waals surface area contributed by atoms with Gasteiger partial charge in [-0.2, -0.15) is 0 Å². The van der Waals surface area contributed by atoms with Crippen LogP contribution in [0.3, 0.4) is 0 Å². The van der Waals surface area contributed by atoms with Crippen LogP contribution in [0.1, 0.15) is 32.4 Å². The number of nitrogens with two attached hydrogens (primary N) is 1. The summed E-state index contributed by atoms with van der Waals surface area (Å²) in [5.41, 5.74) is 6.36. The van der Waals surface area contributed by atoms with Gasteiger partial charge >= 0.3 is 0 Å². The smallest absolute Gasteiger partial charge is 0.242 e. The predicted octanol–water partition coefficient (Wildman–Crippen LogP) is 0.214. The molecule has 0 heterocycles. The van der Waals surface area contributed by atoms with Crippen molar-refractivity contribution < 1.29 is 18.0 Å². The van der Waals surface area contributed by atoms with E-state index in [1.54, 1.807) is 19.1 Å². The number of hydrogen-bond acceptors (Lipinski definition) is 5. The number of nitrogens with zero attached hydrogens (tertiary/aromatic N) is 1. The second-order valence-electron chi connectivity index (χ2n) is 6.64. The van der Waals surface area contributed by atoms with Crippen molar-refractivity contribution in [3.63, 3.8) is 0 Å². The number of carbonyl (C=O) groups excluding carboxylic acids is 2. The number of carbonyl (C=O) groups is 2. The Morgan fingerprint density at radius 3 is 2.35 bits per heavy atom. The number of amides is 2. The summed E-state index contributed by atoms with van der Waals surface area (Å²) in [6.07, 6.45) is 0. The van der Waals surface area contributed by atoms with Crippen molar-refractivity contribution in [1.29, 1.82) is 0 Å². The molecule has 0 aromatic heterocycles. The molecule has 1 aromatic rings. The van der Waals surface area contributed by atoms with Crippen LogP contribution < -0.4 is 16.4 Å². The van der Waals surface area contributed by atoms with Crippen LogP contribution in [0.2, 0.25) is 0 Å². The summed E-state index contributed by atoms with van der Waals surface area (Å²) in [7, 11) is -0.639. The molecule has 0 fully saturated rings. The Bertz CT molecular complexity index is 747. The molecule has 1 rings (SSSR count). The van der Waals surface area contributed by atoms with Crippen LogP contribution in [0, 0.1) is 5.92 Å². The first-order valence-corrected chi connectivity index (χ1v) is 9.76. The lowest BCUT2D eigenvalue weighted by molar-refractivity contribution is -0.127. The van der Waals surface area contributed by atoms with Gasteiger partial charge in [0.1, 0.15) is 0 Å². The molecule has 0 radical (unpaired) electrons. The number of benzene rings is 1. The molecule has 8 nitrogen and oxygen atoms in total. The van der Waals surface area contributed by atoms with E-state index in [4.69, 9.17) is 5.73 Å². The average molecular weight is 385 g/mol. The van der Waals surface area contributed by atoms with Crippen molar-refractivity contribution in [3.05, 3.63) is 29.8 Å². The first kappa shape index (κ1) is 22.1. The average Bonchev–Trinajstić information content (AvgIpc) is 2.58. The van der Waals surface area contributed by atoms with E-state index in [0.29, 0.717) is 5.56 Å². The fourth-order valence-corrected chi connectivity index (χ4v) is 3.08. The number of sulfonamides is 1. The van der Waals surface area contributed by atoms with Crippen molar-refractivity contribution in [1.82, 2.24) is 14.9 Å². The van der Waals surface area contributed by atoms with Gasteiger partial charge in [-0.05, 0) is 30.5 Å². The van der Waals surface area contributed by atoms with Crippen LogP contribution in [-0.2, 0) is 19.6 Å². The summed E-state index contributed by atoms with van der Waals surface area (Å²) in [5.74, 6) is -0.803. The van der Waals surface area contributed by atoms with E-state index in [0.717, 1.165) is 4.31 Å². The molecule has 9 heteroatoms. The molecule has 0 aliphatic heterocycles. The lowest BCUT2D eigenvalue weighted by atomic mass is 10.1. The molecule has 2 amide bonds. The maximum atomic E-state index is 12.2. The third-order valence-electron chi connectivity index (χ3n) is 3.96. The largest absolute Gasteiger partial charge is 0.348 e. The van der Waals surface area contributed by atoms with E-state index in [-0.39, 0.29) is 29.2 Å². The fourth-order valence-electron chi connectivity index (χ4n) is 2.12. The van der Waals surface area contributed by atoms with Crippen LogP contribution in [0.4, 0.5) is 0 Å². The van der Waals surface area contributed by atoms with E-state index < -0.39 is 22.1 Å². The van der Waals surface area contributed by atoms with Gasteiger partial charge in [0.05, 0.1) is 23.5 Å². The van der Waals surface area contributed by atoms with E-state index in [9.17, 15) is 18.0 Å². The second kappa shape index (κ2) is 9.11. The van der Waals surface area contributed by atoms with E-state index in [1.165, 1.54) is 26.2 Å². The van der Waals surface area contributed by atoms with Crippen LogP contribution in [0.15, 0.2) is 29.2 Å². The second-order valence-corrected chi connectivity index (χ2v) is 8.79. The van der Waals surface area contributed by atoms with Crippen molar-refractivity contribution in [2.75, 3.05) is 20.6 Å². The van der Waals surface area contributed by atoms with Gasteiger partial charge in [-0.3, -0.25) is 9.59 Å². The molecular formula is C17H28N4O4S. The quantitative estimate of drug-likeness (QED) is 0.592. The van der Waals surface area contributed by atoms with Gasteiger partial charge in [0.2, 0.25) is 21.8 Å². The highest BCUT2D eigenvalue weighted by Gasteiger charge is 2.20. The van der Waals surface area contributed by atoms with Crippen molar-refractivity contribution in [2.24, 2.45) is 11.7 Å². The zero-order chi connectivity index (χ0) is 20.1. The predicted molar refractivity (Wildman–Crippen MR) is 99.7 cm³/mol. The van der Waals surface area contributed by atoms with E-state index in [1.807, 2.05) is 13.8 Å². The molecule has 0 bridgehead atoms. The van der Waals surface area contributed by atoms with Crippen LogP contribution in [0.25, 0.3) is 0 Å². The molecule has 1 unspecified atom stereocenters. The SMILES string of the molecule is CC(NC(=O)CNC(=O)[C@@H](N)C(C)C)c1cccc(S(=O)(=O)N(C)C)c1. The molecule has 0 saturated heterocycles. The Morgan fingerprint density at radius 1 is 1.19 bits per heavy atom.